The lowest BCUT2D eigenvalue weighted by molar-refractivity contribution is 0.437. The standard InChI is InChI=1S/C11H20N2/c1-5-7-12-9-10-13-8-6-11(2,3)4/h5,7-8H,1,6,9-10H2,2-4H3. The highest BCUT2D eigenvalue weighted by molar-refractivity contribution is 5.70. The number of rotatable bonds is 5. The molecule has 0 amide bonds. The summed E-state index contributed by atoms with van der Waals surface area (Å²) in [4.78, 5) is 8.32. The van der Waals surface area contributed by atoms with E-state index < -0.39 is 0 Å². The fourth-order valence-electron chi connectivity index (χ4n) is 0.694. The molecule has 0 aliphatic rings. The van der Waals surface area contributed by atoms with Crippen LogP contribution in [-0.2, 0) is 0 Å². The summed E-state index contributed by atoms with van der Waals surface area (Å²) in [5, 5.41) is 0. The summed E-state index contributed by atoms with van der Waals surface area (Å²) in [6.07, 6.45) is 6.40. The van der Waals surface area contributed by atoms with Crippen LogP contribution < -0.4 is 0 Å². The molecular weight excluding hydrogens is 160 g/mol. The van der Waals surface area contributed by atoms with Crippen LogP contribution in [0.3, 0.4) is 0 Å². The smallest absolute Gasteiger partial charge is 0.0585 e. The highest BCUT2D eigenvalue weighted by Gasteiger charge is 2.06. The second-order valence-corrected chi connectivity index (χ2v) is 4.14. The molecule has 0 heterocycles. The van der Waals surface area contributed by atoms with Crippen molar-refractivity contribution in [3.05, 3.63) is 12.7 Å². The predicted octanol–water partition coefficient (Wildman–Crippen LogP) is 2.75. The third-order valence-electron chi connectivity index (χ3n) is 1.40. The van der Waals surface area contributed by atoms with E-state index in [1.54, 1.807) is 12.3 Å². The van der Waals surface area contributed by atoms with E-state index in [1.165, 1.54) is 0 Å². The Kier molecular flexibility index (Phi) is 6.11. The van der Waals surface area contributed by atoms with Crippen LogP contribution in [0.15, 0.2) is 22.6 Å². The molecule has 74 valence electrons. The second-order valence-electron chi connectivity index (χ2n) is 4.14. The van der Waals surface area contributed by atoms with Crippen molar-refractivity contribution in [2.24, 2.45) is 15.4 Å². The Balaban J connectivity index is 3.42. The van der Waals surface area contributed by atoms with Crippen LogP contribution in [0.2, 0.25) is 0 Å². The van der Waals surface area contributed by atoms with Gasteiger partial charge in [-0.25, -0.2) is 0 Å². The van der Waals surface area contributed by atoms with Crippen molar-refractivity contribution in [2.75, 3.05) is 13.1 Å². The van der Waals surface area contributed by atoms with Crippen molar-refractivity contribution in [3.8, 4) is 0 Å². The molecule has 0 aromatic heterocycles. The number of hydrogen-bond acceptors (Lipinski definition) is 2. The molecule has 0 radical (unpaired) electrons. The molecular formula is C11H20N2. The van der Waals surface area contributed by atoms with Crippen LogP contribution in [0.1, 0.15) is 27.2 Å². The van der Waals surface area contributed by atoms with Crippen molar-refractivity contribution < 1.29 is 0 Å². The number of allylic oxidation sites excluding steroid dienone is 1. The molecule has 0 aromatic carbocycles. The second kappa shape index (κ2) is 6.58. The summed E-state index contributed by atoms with van der Waals surface area (Å²) in [5.41, 5.74) is 0.341. The fraction of sp³-hybridized carbons (Fsp3) is 0.636. The van der Waals surface area contributed by atoms with E-state index in [0.29, 0.717) is 5.41 Å². The molecule has 0 saturated carbocycles. The molecule has 0 unspecified atom stereocenters. The Bertz CT molecular complexity index is 185. The van der Waals surface area contributed by atoms with Gasteiger partial charge in [-0.05, 0) is 18.1 Å². The first-order chi connectivity index (χ1) is 6.06. The number of nitrogens with zero attached hydrogens (tertiary/aromatic N) is 2. The SMILES string of the molecule is C=CC=NCCN=CCC(C)(C)C. The van der Waals surface area contributed by atoms with Crippen LogP contribution in [0, 0.1) is 5.41 Å². The lowest BCUT2D eigenvalue weighted by Gasteiger charge is -2.13. The molecule has 0 N–H and O–H groups in total. The van der Waals surface area contributed by atoms with Gasteiger partial charge in [0.25, 0.3) is 0 Å². The van der Waals surface area contributed by atoms with Gasteiger partial charge in [0.2, 0.25) is 0 Å². The van der Waals surface area contributed by atoms with Gasteiger partial charge in [-0.3, -0.25) is 9.98 Å². The molecule has 0 saturated heterocycles. The molecule has 0 aromatic rings. The van der Waals surface area contributed by atoms with Crippen LogP contribution in [0.4, 0.5) is 0 Å². The Morgan fingerprint density at radius 1 is 1.15 bits per heavy atom. The molecule has 0 atom stereocenters. The van der Waals surface area contributed by atoms with Gasteiger partial charge in [-0.15, -0.1) is 0 Å². The molecule has 0 aliphatic carbocycles. The number of hydrogen-bond donors (Lipinski definition) is 0. The van der Waals surface area contributed by atoms with Crippen molar-refractivity contribution in [1.82, 2.24) is 0 Å². The van der Waals surface area contributed by atoms with Gasteiger partial charge in [0, 0.05) is 6.21 Å². The van der Waals surface area contributed by atoms with Gasteiger partial charge in [0.05, 0.1) is 13.1 Å². The lowest BCUT2D eigenvalue weighted by Crippen LogP contribution is -2.05. The van der Waals surface area contributed by atoms with E-state index in [2.05, 4.69) is 37.3 Å². The highest BCUT2D eigenvalue weighted by atomic mass is 14.8. The molecule has 0 fully saturated rings. The summed E-state index contributed by atoms with van der Waals surface area (Å²) >= 11 is 0. The normalized spacial score (nSPS) is 12.8. The van der Waals surface area contributed by atoms with E-state index in [1.807, 2.05) is 6.21 Å². The van der Waals surface area contributed by atoms with Gasteiger partial charge >= 0.3 is 0 Å². The first kappa shape index (κ1) is 12.1. The zero-order chi connectivity index (χ0) is 10.2. The van der Waals surface area contributed by atoms with E-state index in [9.17, 15) is 0 Å². The zero-order valence-corrected chi connectivity index (χ0v) is 8.95. The Hall–Kier alpha value is -0.920. The molecule has 0 aliphatic heterocycles. The van der Waals surface area contributed by atoms with Crippen LogP contribution in [-0.4, -0.2) is 25.5 Å². The Morgan fingerprint density at radius 3 is 2.31 bits per heavy atom. The van der Waals surface area contributed by atoms with Gasteiger partial charge in [-0.1, -0.05) is 33.4 Å². The van der Waals surface area contributed by atoms with Crippen molar-refractivity contribution in [2.45, 2.75) is 27.2 Å². The zero-order valence-electron chi connectivity index (χ0n) is 8.95. The lowest BCUT2D eigenvalue weighted by atomic mass is 9.93. The monoisotopic (exact) mass is 180 g/mol. The van der Waals surface area contributed by atoms with E-state index >= 15 is 0 Å². The van der Waals surface area contributed by atoms with Gasteiger partial charge < -0.3 is 0 Å². The van der Waals surface area contributed by atoms with Gasteiger partial charge in [0.1, 0.15) is 0 Å². The Morgan fingerprint density at radius 2 is 1.77 bits per heavy atom. The average molecular weight is 180 g/mol. The predicted molar refractivity (Wildman–Crippen MR) is 61.0 cm³/mol. The Labute approximate surface area is 81.5 Å². The third-order valence-corrected chi connectivity index (χ3v) is 1.40. The maximum Gasteiger partial charge on any atom is 0.0585 e. The number of aliphatic imine (C=N–C) groups is 2. The van der Waals surface area contributed by atoms with Crippen LogP contribution >= 0.6 is 0 Å². The first-order valence-corrected chi connectivity index (χ1v) is 4.65. The average Bonchev–Trinajstić information content (AvgIpc) is 2.01. The first-order valence-electron chi connectivity index (χ1n) is 4.65. The molecule has 0 spiro atoms. The minimum atomic E-state index is 0.341. The summed E-state index contributed by atoms with van der Waals surface area (Å²) in [7, 11) is 0. The topological polar surface area (TPSA) is 24.7 Å². The van der Waals surface area contributed by atoms with Crippen molar-refractivity contribution >= 4 is 12.4 Å². The largest absolute Gasteiger partial charge is 0.296 e. The summed E-state index contributed by atoms with van der Waals surface area (Å²) in [6, 6.07) is 0. The fourth-order valence-corrected chi connectivity index (χ4v) is 0.694. The van der Waals surface area contributed by atoms with Crippen molar-refractivity contribution in [3.63, 3.8) is 0 Å². The maximum absolute atomic E-state index is 4.26. The van der Waals surface area contributed by atoms with E-state index in [-0.39, 0.29) is 0 Å². The van der Waals surface area contributed by atoms with E-state index in [4.69, 9.17) is 0 Å². The van der Waals surface area contributed by atoms with E-state index in [0.717, 1.165) is 19.5 Å². The molecule has 0 rings (SSSR count). The maximum atomic E-state index is 4.26. The summed E-state index contributed by atoms with van der Waals surface area (Å²) in [6.45, 7) is 11.7. The van der Waals surface area contributed by atoms with Gasteiger partial charge in [-0.2, -0.15) is 0 Å². The molecule has 2 nitrogen and oxygen atoms in total. The van der Waals surface area contributed by atoms with Crippen LogP contribution in [0.25, 0.3) is 0 Å². The third kappa shape index (κ3) is 11.1. The molecule has 2 heteroatoms. The van der Waals surface area contributed by atoms with Crippen molar-refractivity contribution in [1.29, 1.82) is 0 Å². The minimum Gasteiger partial charge on any atom is -0.296 e. The summed E-state index contributed by atoms with van der Waals surface area (Å²) in [5.74, 6) is 0. The molecule has 0 bridgehead atoms. The quantitative estimate of drug-likeness (QED) is 0.459. The highest BCUT2D eigenvalue weighted by Crippen LogP contribution is 2.15. The van der Waals surface area contributed by atoms with Crippen LogP contribution in [0.5, 0.6) is 0 Å². The minimum absolute atomic E-state index is 0.341. The summed E-state index contributed by atoms with van der Waals surface area (Å²) < 4.78 is 0. The molecule has 13 heavy (non-hydrogen) atoms. The van der Waals surface area contributed by atoms with Gasteiger partial charge in [0.15, 0.2) is 0 Å².